The van der Waals surface area contributed by atoms with Crippen LogP contribution in [-0.2, 0) is 23.2 Å². The van der Waals surface area contributed by atoms with Crippen molar-refractivity contribution in [1.29, 1.82) is 0 Å². The first kappa shape index (κ1) is 23.9. The third-order valence-corrected chi connectivity index (χ3v) is 6.07. The lowest BCUT2D eigenvalue weighted by Gasteiger charge is -2.27. The number of aryl methyl sites for hydroxylation is 1. The smallest absolute Gasteiger partial charge is 0.309 e. The molecule has 0 unspecified atom stereocenters. The van der Waals surface area contributed by atoms with Gasteiger partial charge in [-0.15, -0.1) is 0 Å². The van der Waals surface area contributed by atoms with Crippen LogP contribution in [0.4, 0.5) is 10.5 Å². The van der Waals surface area contributed by atoms with Crippen LogP contribution in [0.3, 0.4) is 0 Å². The van der Waals surface area contributed by atoms with E-state index in [1.54, 1.807) is 11.1 Å². The number of anilines is 1. The minimum absolute atomic E-state index is 0.00839. The maximum atomic E-state index is 13.4. The van der Waals surface area contributed by atoms with Crippen molar-refractivity contribution in [3.8, 4) is 0 Å². The van der Waals surface area contributed by atoms with E-state index in [1.807, 2.05) is 50.2 Å². The van der Waals surface area contributed by atoms with Gasteiger partial charge >= 0.3 is 6.03 Å². The van der Waals surface area contributed by atoms with E-state index in [1.165, 1.54) is 4.90 Å². The van der Waals surface area contributed by atoms with E-state index in [2.05, 4.69) is 44.8 Å². The highest BCUT2D eigenvalue weighted by Crippen LogP contribution is 2.34. The number of carbonyl (C=O) groups is 2. The molecular formula is C26H36N4O2. The summed E-state index contributed by atoms with van der Waals surface area (Å²) >= 11 is 0. The lowest BCUT2D eigenvalue weighted by Crippen LogP contribution is -2.43. The van der Waals surface area contributed by atoms with E-state index in [-0.39, 0.29) is 17.4 Å². The SMILES string of the molecule is CN(C)CCCc1cc(CN2C(=O)N(c3ccc(C(C)(C)C)cc3)C(=O)C2(C)C)ccn1. The molecule has 6 nitrogen and oxygen atoms in total. The summed E-state index contributed by atoms with van der Waals surface area (Å²) in [5.41, 5.74) is 2.86. The third kappa shape index (κ3) is 5.01. The molecule has 1 saturated heterocycles. The van der Waals surface area contributed by atoms with Crippen LogP contribution >= 0.6 is 0 Å². The molecule has 3 rings (SSSR count). The van der Waals surface area contributed by atoms with Crippen LogP contribution < -0.4 is 4.90 Å². The van der Waals surface area contributed by atoms with Gasteiger partial charge in [0.05, 0.1) is 5.69 Å². The zero-order valence-corrected chi connectivity index (χ0v) is 20.5. The van der Waals surface area contributed by atoms with Gasteiger partial charge in [-0.1, -0.05) is 32.9 Å². The standard InChI is InChI=1S/C26H36N4O2/c1-25(2,3)20-10-12-22(13-11-20)30-23(31)26(4,5)29(24(30)32)18-19-14-15-27-21(17-19)9-8-16-28(6)7/h10-15,17H,8-9,16,18H2,1-7H3. The van der Waals surface area contributed by atoms with Gasteiger partial charge in [0.1, 0.15) is 5.54 Å². The Bertz CT molecular complexity index is 974. The highest BCUT2D eigenvalue weighted by atomic mass is 16.2. The van der Waals surface area contributed by atoms with E-state index >= 15 is 0 Å². The molecule has 172 valence electrons. The van der Waals surface area contributed by atoms with Gasteiger partial charge in [-0.05, 0) is 88.1 Å². The van der Waals surface area contributed by atoms with Crippen molar-refractivity contribution in [2.75, 3.05) is 25.5 Å². The van der Waals surface area contributed by atoms with Crippen LogP contribution in [0.25, 0.3) is 0 Å². The average Bonchev–Trinajstić information content (AvgIpc) is 2.87. The van der Waals surface area contributed by atoms with Gasteiger partial charge in [0.2, 0.25) is 0 Å². The normalized spacial score (nSPS) is 16.4. The molecule has 1 aliphatic rings. The number of aromatic nitrogens is 1. The van der Waals surface area contributed by atoms with Crippen molar-refractivity contribution in [2.24, 2.45) is 0 Å². The summed E-state index contributed by atoms with van der Waals surface area (Å²) in [6.45, 7) is 11.4. The Kier molecular flexibility index (Phi) is 6.75. The van der Waals surface area contributed by atoms with Crippen LogP contribution in [0.2, 0.25) is 0 Å². The molecule has 0 spiro atoms. The number of carbonyl (C=O) groups excluding carboxylic acids is 2. The van der Waals surface area contributed by atoms with Crippen molar-refractivity contribution in [1.82, 2.24) is 14.8 Å². The number of hydrogen-bond donors (Lipinski definition) is 0. The summed E-state index contributed by atoms with van der Waals surface area (Å²) < 4.78 is 0. The molecule has 3 amide bonds. The minimum atomic E-state index is -0.922. The number of imide groups is 1. The third-order valence-electron chi connectivity index (χ3n) is 6.07. The van der Waals surface area contributed by atoms with Crippen LogP contribution in [-0.4, -0.2) is 52.9 Å². The summed E-state index contributed by atoms with van der Waals surface area (Å²) in [5.74, 6) is -0.203. The summed E-state index contributed by atoms with van der Waals surface area (Å²) in [6.07, 6.45) is 3.70. The lowest BCUT2D eigenvalue weighted by atomic mass is 9.87. The van der Waals surface area contributed by atoms with Gasteiger partial charge in [-0.25, -0.2) is 9.69 Å². The molecule has 0 saturated carbocycles. The number of rotatable bonds is 7. The van der Waals surface area contributed by atoms with Gasteiger partial charge < -0.3 is 9.80 Å². The van der Waals surface area contributed by atoms with Crippen molar-refractivity contribution in [3.05, 3.63) is 59.4 Å². The highest BCUT2D eigenvalue weighted by Gasteiger charge is 2.51. The zero-order chi connectivity index (χ0) is 23.7. The summed E-state index contributed by atoms with van der Waals surface area (Å²) in [5, 5.41) is 0. The molecule has 6 heteroatoms. The zero-order valence-electron chi connectivity index (χ0n) is 20.5. The fraction of sp³-hybridized carbons (Fsp3) is 0.500. The van der Waals surface area contributed by atoms with Crippen LogP contribution in [0, 0.1) is 0 Å². The number of amides is 3. The molecule has 0 aliphatic carbocycles. The Hall–Kier alpha value is -2.73. The number of nitrogens with zero attached hydrogens (tertiary/aromatic N) is 4. The summed E-state index contributed by atoms with van der Waals surface area (Å²) in [4.78, 5) is 36.2. The van der Waals surface area contributed by atoms with Crippen LogP contribution in [0.15, 0.2) is 42.6 Å². The maximum absolute atomic E-state index is 13.4. The fourth-order valence-electron chi connectivity index (χ4n) is 3.96. The largest absolute Gasteiger partial charge is 0.332 e. The maximum Gasteiger partial charge on any atom is 0.332 e. The first-order chi connectivity index (χ1) is 14.9. The molecule has 2 aromatic rings. The Balaban J connectivity index is 1.80. The summed E-state index contributed by atoms with van der Waals surface area (Å²) in [7, 11) is 4.12. The van der Waals surface area contributed by atoms with Gasteiger partial charge in [0.25, 0.3) is 5.91 Å². The van der Waals surface area contributed by atoms with Gasteiger partial charge in [-0.3, -0.25) is 9.78 Å². The molecule has 2 heterocycles. The van der Waals surface area contributed by atoms with E-state index in [4.69, 9.17) is 0 Å². The van der Waals surface area contributed by atoms with E-state index < -0.39 is 5.54 Å². The topological polar surface area (TPSA) is 56.8 Å². The molecule has 0 atom stereocenters. The van der Waals surface area contributed by atoms with E-state index in [9.17, 15) is 9.59 Å². The molecular weight excluding hydrogens is 400 g/mol. The van der Waals surface area contributed by atoms with Crippen LogP contribution in [0.5, 0.6) is 0 Å². The second-order valence-electron chi connectivity index (χ2n) is 10.4. The van der Waals surface area contributed by atoms with Crippen LogP contribution in [0.1, 0.15) is 57.9 Å². The van der Waals surface area contributed by atoms with E-state index in [0.29, 0.717) is 12.2 Å². The monoisotopic (exact) mass is 436 g/mol. The second kappa shape index (κ2) is 9.02. The summed E-state index contributed by atoms with van der Waals surface area (Å²) in [6, 6.07) is 11.4. The van der Waals surface area contributed by atoms with Gasteiger partial charge in [-0.2, -0.15) is 0 Å². The number of urea groups is 1. The minimum Gasteiger partial charge on any atom is -0.309 e. The van der Waals surface area contributed by atoms with Crippen molar-refractivity contribution >= 4 is 17.6 Å². The van der Waals surface area contributed by atoms with E-state index in [0.717, 1.165) is 36.2 Å². The number of benzene rings is 1. The van der Waals surface area contributed by atoms with Crippen molar-refractivity contribution in [2.45, 2.75) is 65.0 Å². The second-order valence-corrected chi connectivity index (χ2v) is 10.4. The quantitative estimate of drug-likeness (QED) is 0.594. The fourth-order valence-corrected chi connectivity index (χ4v) is 3.96. The molecule has 1 aromatic heterocycles. The molecule has 0 N–H and O–H groups in total. The predicted molar refractivity (Wildman–Crippen MR) is 129 cm³/mol. The van der Waals surface area contributed by atoms with Crippen molar-refractivity contribution < 1.29 is 9.59 Å². The molecule has 1 fully saturated rings. The first-order valence-corrected chi connectivity index (χ1v) is 11.3. The number of hydrogen-bond acceptors (Lipinski definition) is 4. The average molecular weight is 437 g/mol. The van der Waals surface area contributed by atoms with Gasteiger partial charge in [0, 0.05) is 18.4 Å². The lowest BCUT2D eigenvalue weighted by molar-refractivity contribution is -0.123. The van der Waals surface area contributed by atoms with Gasteiger partial charge in [0.15, 0.2) is 0 Å². The molecule has 1 aromatic carbocycles. The Labute approximate surface area is 192 Å². The molecule has 0 bridgehead atoms. The first-order valence-electron chi connectivity index (χ1n) is 11.3. The predicted octanol–water partition coefficient (Wildman–Crippen LogP) is 4.62. The number of pyridine rings is 1. The van der Waals surface area contributed by atoms with Crippen molar-refractivity contribution in [3.63, 3.8) is 0 Å². The molecule has 32 heavy (non-hydrogen) atoms. The molecule has 0 radical (unpaired) electrons. The Morgan fingerprint density at radius 1 is 1.03 bits per heavy atom. The Morgan fingerprint density at radius 3 is 2.28 bits per heavy atom. The molecule has 1 aliphatic heterocycles. The highest BCUT2D eigenvalue weighted by molar-refractivity contribution is 6.22. The Morgan fingerprint density at radius 2 is 1.69 bits per heavy atom.